The molecule has 0 unspecified atom stereocenters. The lowest BCUT2D eigenvalue weighted by molar-refractivity contribution is -0.131. The second kappa shape index (κ2) is 6.82. The maximum absolute atomic E-state index is 12.4. The minimum absolute atomic E-state index is 0.308. The molecule has 1 fully saturated rings. The fourth-order valence-electron chi connectivity index (χ4n) is 3.26. The van der Waals surface area contributed by atoms with Crippen molar-refractivity contribution < 1.29 is 4.79 Å². The van der Waals surface area contributed by atoms with Crippen molar-refractivity contribution in [1.29, 1.82) is 0 Å². The second-order valence-electron chi connectivity index (χ2n) is 7.01. The number of hydrogen-bond acceptors (Lipinski definition) is 5. The third-order valence-corrected chi connectivity index (χ3v) is 4.98. The number of fused-ring (bicyclic) bond motifs is 1. The number of carbonyl (C=O) groups excluding carboxylic acids is 1. The molecule has 1 amide bonds. The molecule has 25 heavy (non-hydrogen) atoms. The van der Waals surface area contributed by atoms with Gasteiger partial charge in [0.1, 0.15) is 11.6 Å². The van der Waals surface area contributed by atoms with Crippen LogP contribution in [0, 0.1) is 12.8 Å². The van der Waals surface area contributed by atoms with Crippen LogP contribution in [0.3, 0.4) is 0 Å². The van der Waals surface area contributed by atoms with Gasteiger partial charge in [0.05, 0.1) is 24.1 Å². The maximum atomic E-state index is 12.4. The molecule has 0 bridgehead atoms. The van der Waals surface area contributed by atoms with Gasteiger partial charge in [-0.2, -0.15) is 5.10 Å². The molecule has 132 valence electrons. The summed E-state index contributed by atoms with van der Waals surface area (Å²) in [4.78, 5) is 18.9. The first-order valence-electron chi connectivity index (χ1n) is 9.04. The first-order chi connectivity index (χ1) is 12.2. The highest BCUT2D eigenvalue weighted by molar-refractivity contribution is 5.76. The van der Waals surface area contributed by atoms with Gasteiger partial charge in [0, 0.05) is 32.5 Å². The van der Waals surface area contributed by atoms with Crippen LogP contribution in [-0.2, 0) is 24.3 Å². The first-order valence-corrected chi connectivity index (χ1v) is 9.04. The Hall–Kier alpha value is -2.44. The predicted octanol–water partition coefficient (Wildman–Crippen LogP) is 1.78. The fourth-order valence-corrected chi connectivity index (χ4v) is 3.26. The van der Waals surface area contributed by atoms with E-state index in [4.69, 9.17) is 0 Å². The van der Waals surface area contributed by atoms with Gasteiger partial charge in [-0.1, -0.05) is 0 Å². The lowest BCUT2D eigenvalue weighted by atomic mass is 10.2. The zero-order valence-electron chi connectivity index (χ0n) is 14.6. The van der Waals surface area contributed by atoms with Crippen molar-refractivity contribution in [2.75, 3.05) is 18.4 Å². The van der Waals surface area contributed by atoms with Crippen molar-refractivity contribution in [1.82, 2.24) is 24.6 Å². The van der Waals surface area contributed by atoms with E-state index in [1.807, 2.05) is 30.2 Å². The number of aromatic nitrogens is 4. The fraction of sp³-hybridized carbons (Fsp3) is 0.556. The summed E-state index contributed by atoms with van der Waals surface area (Å²) in [6.07, 6.45) is 5.91. The van der Waals surface area contributed by atoms with E-state index in [0.717, 1.165) is 55.5 Å². The van der Waals surface area contributed by atoms with Gasteiger partial charge < -0.3 is 14.8 Å². The Balaban J connectivity index is 1.38. The topological polar surface area (TPSA) is 75.9 Å². The standard InChI is InChI=1S/C18H24N6O/c1-13-2-5-16(22-21-13)19-11-15-12-20-17-6-7-23(8-9-24(15)17)18(25)10-14-3-4-14/h2,5,12,14H,3-4,6-11H2,1H3,(H,19,22). The van der Waals surface area contributed by atoms with Gasteiger partial charge in [0.2, 0.25) is 5.91 Å². The zero-order valence-corrected chi connectivity index (χ0v) is 14.6. The Kier molecular flexibility index (Phi) is 4.38. The van der Waals surface area contributed by atoms with Crippen LogP contribution >= 0.6 is 0 Å². The van der Waals surface area contributed by atoms with Crippen LogP contribution in [0.15, 0.2) is 18.3 Å². The minimum Gasteiger partial charge on any atom is -0.363 e. The number of hydrogen-bond donors (Lipinski definition) is 1. The number of anilines is 1. The highest BCUT2D eigenvalue weighted by Gasteiger charge is 2.28. The van der Waals surface area contributed by atoms with E-state index < -0.39 is 0 Å². The van der Waals surface area contributed by atoms with Crippen molar-refractivity contribution in [2.24, 2.45) is 5.92 Å². The number of aryl methyl sites for hydroxylation is 1. The van der Waals surface area contributed by atoms with Gasteiger partial charge in [-0.15, -0.1) is 5.10 Å². The first kappa shape index (κ1) is 16.1. The smallest absolute Gasteiger partial charge is 0.222 e. The van der Waals surface area contributed by atoms with E-state index in [-0.39, 0.29) is 0 Å². The highest BCUT2D eigenvalue weighted by atomic mass is 16.2. The van der Waals surface area contributed by atoms with Gasteiger partial charge in [-0.25, -0.2) is 4.98 Å². The van der Waals surface area contributed by atoms with Crippen molar-refractivity contribution in [3.8, 4) is 0 Å². The Morgan fingerprint density at radius 1 is 1.24 bits per heavy atom. The summed E-state index contributed by atoms with van der Waals surface area (Å²) in [5, 5.41) is 11.5. The van der Waals surface area contributed by atoms with E-state index >= 15 is 0 Å². The van der Waals surface area contributed by atoms with Crippen LogP contribution in [0.2, 0.25) is 0 Å². The molecular formula is C18H24N6O. The Bertz CT molecular complexity index is 749. The number of rotatable bonds is 5. The molecule has 2 aliphatic rings. The Labute approximate surface area is 147 Å². The summed E-state index contributed by atoms with van der Waals surface area (Å²) in [7, 11) is 0. The van der Waals surface area contributed by atoms with Crippen molar-refractivity contribution in [2.45, 2.75) is 45.7 Å². The van der Waals surface area contributed by atoms with E-state index in [2.05, 4.69) is 25.1 Å². The number of nitrogens with zero attached hydrogens (tertiary/aromatic N) is 5. The van der Waals surface area contributed by atoms with Gasteiger partial charge in [0.15, 0.2) is 0 Å². The van der Waals surface area contributed by atoms with Crippen LogP contribution in [-0.4, -0.2) is 43.6 Å². The molecule has 0 spiro atoms. The van der Waals surface area contributed by atoms with E-state index in [9.17, 15) is 4.79 Å². The Morgan fingerprint density at radius 2 is 2.12 bits per heavy atom. The molecule has 1 aliphatic heterocycles. The van der Waals surface area contributed by atoms with Crippen LogP contribution in [0.5, 0.6) is 0 Å². The minimum atomic E-state index is 0.308. The summed E-state index contributed by atoms with van der Waals surface area (Å²) in [6.45, 7) is 4.93. The third kappa shape index (κ3) is 3.81. The predicted molar refractivity (Wildman–Crippen MR) is 93.9 cm³/mol. The molecule has 0 saturated heterocycles. The maximum Gasteiger partial charge on any atom is 0.222 e. The summed E-state index contributed by atoms with van der Waals surface area (Å²) < 4.78 is 2.24. The summed E-state index contributed by atoms with van der Waals surface area (Å²) >= 11 is 0. The summed E-state index contributed by atoms with van der Waals surface area (Å²) in [6, 6.07) is 3.87. The van der Waals surface area contributed by atoms with Crippen molar-refractivity contribution in [3.63, 3.8) is 0 Å². The lowest BCUT2D eigenvalue weighted by Crippen LogP contribution is -2.33. The van der Waals surface area contributed by atoms with Gasteiger partial charge in [-0.05, 0) is 37.8 Å². The SMILES string of the molecule is Cc1ccc(NCc2cnc3n2CCN(C(=O)CC2CC2)CC3)nn1. The molecule has 1 N–H and O–H groups in total. The van der Waals surface area contributed by atoms with E-state index in [0.29, 0.717) is 18.4 Å². The summed E-state index contributed by atoms with van der Waals surface area (Å²) in [5.74, 6) is 2.77. The summed E-state index contributed by atoms with van der Waals surface area (Å²) in [5.41, 5.74) is 2.02. The van der Waals surface area contributed by atoms with Gasteiger partial charge in [0.25, 0.3) is 0 Å². The number of amides is 1. The molecule has 3 heterocycles. The van der Waals surface area contributed by atoms with Crippen LogP contribution in [0.1, 0.15) is 36.5 Å². The van der Waals surface area contributed by atoms with Crippen LogP contribution in [0.25, 0.3) is 0 Å². The molecule has 2 aromatic heterocycles. The normalized spacial score (nSPS) is 17.1. The molecule has 0 radical (unpaired) electrons. The lowest BCUT2D eigenvalue weighted by Gasteiger charge is -2.20. The van der Waals surface area contributed by atoms with Crippen molar-refractivity contribution >= 4 is 11.7 Å². The number of nitrogens with one attached hydrogen (secondary N) is 1. The molecular weight excluding hydrogens is 316 g/mol. The van der Waals surface area contributed by atoms with E-state index in [1.165, 1.54) is 12.8 Å². The molecule has 1 aliphatic carbocycles. The Morgan fingerprint density at radius 3 is 2.88 bits per heavy atom. The third-order valence-electron chi connectivity index (χ3n) is 4.98. The molecule has 0 aromatic carbocycles. The average molecular weight is 340 g/mol. The van der Waals surface area contributed by atoms with Crippen molar-refractivity contribution in [3.05, 3.63) is 35.5 Å². The number of carbonyl (C=O) groups is 1. The monoisotopic (exact) mass is 340 g/mol. The molecule has 4 rings (SSSR count). The van der Waals surface area contributed by atoms with Gasteiger partial charge >= 0.3 is 0 Å². The molecule has 7 nitrogen and oxygen atoms in total. The molecule has 1 saturated carbocycles. The molecule has 7 heteroatoms. The van der Waals surface area contributed by atoms with Gasteiger partial charge in [-0.3, -0.25) is 4.79 Å². The van der Waals surface area contributed by atoms with Crippen LogP contribution in [0.4, 0.5) is 5.82 Å². The molecule has 0 atom stereocenters. The average Bonchev–Trinajstić information content (AvgIpc) is 3.38. The van der Waals surface area contributed by atoms with Crippen LogP contribution < -0.4 is 5.32 Å². The second-order valence-corrected chi connectivity index (χ2v) is 7.01. The molecule has 2 aromatic rings. The zero-order chi connectivity index (χ0) is 17.2. The quantitative estimate of drug-likeness (QED) is 0.898. The van der Waals surface area contributed by atoms with E-state index in [1.54, 1.807) is 0 Å². The largest absolute Gasteiger partial charge is 0.363 e. The highest BCUT2D eigenvalue weighted by Crippen LogP contribution is 2.33. The number of imidazole rings is 1.